The van der Waals surface area contributed by atoms with E-state index in [0.29, 0.717) is 11.6 Å². The Hall–Kier alpha value is -1.06. The van der Waals surface area contributed by atoms with Crippen LogP contribution in [0.2, 0.25) is 5.02 Å². The number of nitrogens with one attached hydrogen (secondary N) is 1. The Bertz CT molecular complexity index is 420. The van der Waals surface area contributed by atoms with Crippen LogP contribution in [-0.4, -0.2) is 17.1 Å². The molecular formula is C14H20ClNO2. The van der Waals surface area contributed by atoms with E-state index in [1.807, 2.05) is 39.8 Å². The third kappa shape index (κ3) is 3.72. The van der Waals surface area contributed by atoms with Crippen LogP contribution in [0, 0.1) is 19.8 Å². The predicted octanol–water partition coefficient (Wildman–Crippen LogP) is 3.16. The molecular weight excluding hydrogens is 250 g/mol. The molecule has 0 fully saturated rings. The summed E-state index contributed by atoms with van der Waals surface area (Å²) < 4.78 is 0. The minimum absolute atomic E-state index is 0.0513. The van der Waals surface area contributed by atoms with Gasteiger partial charge >= 0.3 is 5.97 Å². The number of hydrogen-bond donors (Lipinski definition) is 2. The number of aryl methyl sites for hydroxylation is 2. The fourth-order valence-corrected chi connectivity index (χ4v) is 2.37. The number of carboxylic acids is 1. The number of aliphatic carboxylic acids is 1. The fourth-order valence-electron chi connectivity index (χ4n) is 2.04. The summed E-state index contributed by atoms with van der Waals surface area (Å²) in [6.45, 7) is 8.31. The molecule has 0 aliphatic carbocycles. The van der Waals surface area contributed by atoms with Crippen LogP contribution >= 0.6 is 11.6 Å². The standard InChI is InChI=1S/C14H20ClNO2/c1-8(2)13(14(17)18)16-7-12-9(3)5-11(15)6-10(12)4/h5-6,8,13,16H,7H2,1-4H3,(H,17,18)/t13-/m0/s1. The minimum atomic E-state index is -0.811. The van der Waals surface area contributed by atoms with Gasteiger partial charge in [-0.05, 0) is 48.6 Å². The van der Waals surface area contributed by atoms with Crippen molar-refractivity contribution >= 4 is 17.6 Å². The summed E-state index contributed by atoms with van der Waals surface area (Å²) >= 11 is 5.97. The first-order chi connectivity index (χ1) is 8.32. The maximum absolute atomic E-state index is 11.1. The van der Waals surface area contributed by atoms with Crippen LogP contribution in [0.15, 0.2) is 12.1 Å². The second-order valence-corrected chi connectivity index (χ2v) is 5.40. The molecule has 0 aliphatic heterocycles. The lowest BCUT2D eigenvalue weighted by Crippen LogP contribution is -2.40. The SMILES string of the molecule is Cc1cc(Cl)cc(C)c1CN[C@H](C(=O)O)C(C)C. The van der Waals surface area contributed by atoms with Gasteiger partial charge in [0.25, 0.3) is 0 Å². The average molecular weight is 270 g/mol. The van der Waals surface area contributed by atoms with E-state index in [0.717, 1.165) is 16.7 Å². The van der Waals surface area contributed by atoms with E-state index in [9.17, 15) is 4.79 Å². The number of halogens is 1. The van der Waals surface area contributed by atoms with Crippen molar-refractivity contribution in [2.45, 2.75) is 40.3 Å². The van der Waals surface area contributed by atoms with Crippen molar-refractivity contribution in [2.75, 3.05) is 0 Å². The van der Waals surface area contributed by atoms with E-state index < -0.39 is 12.0 Å². The number of carbonyl (C=O) groups is 1. The van der Waals surface area contributed by atoms with Crippen molar-refractivity contribution < 1.29 is 9.90 Å². The molecule has 0 bridgehead atoms. The number of benzene rings is 1. The number of hydrogen-bond acceptors (Lipinski definition) is 2. The predicted molar refractivity (Wildman–Crippen MR) is 74.0 cm³/mol. The Morgan fingerprint density at radius 2 is 1.83 bits per heavy atom. The summed E-state index contributed by atoms with van der Waals surface area (Å²) in [7, 11) is 0. The van der Waals surface area contributed by atoms with Gasteiger partial charge in [0, 0.05) is 11.6 Å². The summed E-state index contributed by atoms with van der Waals surface area (Å²) in [5, 5.41) is 12.9. The molecule has 0 saturated carbocycles. The monoisotopic (exact) mass is 269 g/mol. The van der Waals surface area contributed by atoms with Gasteiger partial charge < -0.3 is 10.4 Å². The highest BCUT2D eigenvalue weighted by Gasteiger charge is 2.20. The average Bonchev–Trinajstić information content (AvgIpc) is 2.20. The van der Waals surface area contributed by atoms with E-state index in [2.05, 4.69) is 5.32 Å². The van der Waals surface area contributed by atoms with E-state index in [-0.39, 0.29) is 5.92 Å². The van der Waals surface area contributed by atoms with E-state index in [4.69, 9.17) is 16.7 Å². The second-order valence-electron chi connectivity index (χ2n) is 4.96. The summed E-state index contributed by atoms with van der Waals surface area (Å²) in [5.41, 5.74) is 3.28. The zero-order chi connectivity index (χ0) is 13.9. The zero-order valence-electron chi connectivity index (χ0n) is 11.2. The van der Waals surface area contributed by atoms with Crippen LogP contribution in [-0.2, 0) is 11.3 Å². The Balaban J connectivity index is 2.83. The van der Waals surface area contributed by atoms with Crippen molar-refractivity contribution in [3.63, 3.8) is 0 Å². The van der Waals surface area contributed by atoms with Crippen molar-refractivity contribution in [2.24, 2.45) is 5.92 Å². The molecule has 2 N–H and O–H groups in total. The molecule has 0 radical (unpaired) electrons. The molecule has 0 saturated heterocycles. The van der Waals surface area contributed by atoms with E-state index in [1.165, 1.54) is 0 Å². The quantitative estimate of drug-likeness (QED) is 0.863. The summed E-state index contributed by atoms with van der Waals surface area (Å²) in [6, 6.07) is 3.27. The minimum Gasteiger partial charge on any atom is -0.480 e. The highest BCUT2D eigenvalue weighted by molar-refractivity contribution is 6.30. The van der Waals surface area contributed by atoms with Gasteiger partial charge in [-0.1, -0.05) is 25.4 Å². The maximum Gasteiger partial charge on any atom is 0.320 e. The van der Waals surface area contributed by atoms with Gasteiger partial charge in [-0.25, -0.2) is 0 Å². The van der Waals surface area contributed by atoms with E-state index >= 15 is 0 Å². The van der Waals surface area contributed by atoms with Crippen molar-refractivity contribution in [1.29, 1.82) is 0 Å². The smallest absolute Gasteiger partial charge is 0.320 e. The third-order valence-electron chi connectivity index (χ3n) is 3.09. The fraction of sp³-hybridized carbons (Fsp3) is 0.500. The molecule has 1 aromatic carbocycles. The molecule has 4 heteroatoms. The Labute approximate surface area is 113 Å². The summed E-state index contributed by atoms with van der Waals surface area (Å²) in [4.78, 5) is 11.1. The van der Waals surface area contributed by atoms with Gasteiger partial charge in [-0.2, -0.15) is 0 Å². The van der Waals surface area contributed by atoms with Gasteiger partial charge in [0.2, 0.25) is 0 Å². The molecule has 100 valence electrons. The maximum atomic E-state index is 11.1. The first kappa shape index (κ1) is 15.0. The molecule has 0 aliphatic rings. The Morgan fingerprint density at radius 3 is 2.22 bits per heavy atom. The normalized spacial score (nSPS) is 12.8. The molecule has 1 aromatic rings. The lowest BCUT2D eigenvalue weighted by Gasteiger charge is -2.19. The third-order valence-corrected chi connectivity index (χ3v) is 3.31. The van der Waals surface area contributed by atoms with Gasteiger partial charge in [0.05, 0.1) is 0 Å². The van der Waals surface area contributed by atoms with E-state index in [1.54, 1.807) is 0 Å². The van der Waals surface area contributed by atoms with Crippen molar-refractivity contribution in [1.82, 2.24) is 5.32 Å². The molecule has 0 heterocycles. The highest BCUT2D eigenvalue weighted by atomic mass is 35.5. The lowest BCUT2D eigenvalue weighted by atomic mass is 10.0. The second kappa shape index (κ2) is 6.21. The van der Waals surface area contributed by atoms with Crippen molar-refractivity contribution in [3.8, 4) is 0 Å². The molecule has 18 heavy (non-hydrogen) atoms. The zero-order valence-corrected chi connectivity index (χ0v) is 12.0. The van der Waals surface area contributed by atoms with Crippen LogP contribution in [0.5, 0.6) is 0 Å². The van der Waals surface area contributed by atoms with Gasteiger partial charge in [0.1, 0.15) is 6.04 Å². The molecule has 0 unspecified atom stereocenters. The first-order valence-electron chi connectivity index (χ1n) is 6.04. The molecule has 3 nitrogen and oxygen atoms in total. The van der Waals surface area contributed by atoms with Crippen molar-refractivity contribution in [3.05, 3.63) is 33.8 Å². The highest BCUT2D eigenvalue weighted by Crippen LogP contribution is 2.20. The summed E-state index contributed by atoms with van der Waals surface area (Å²) in [5.74, 6) is -0.760. The number of rotatable bonds is 5. The van der Waals surface area contributed by atoms with Crippen LogP contribution in [0.3, 0.4) is 0 Å². The summed E-state index contributed by atoms with van der Waals surface area (Å²) in [6.07, 6.45) is 0. The lowest BCUT2D eigenvalue weighted by molar-refractivity contribution is -0.140. The Morgan fingerprint density at radius 1 is 1.33 bits per heavy atom. The molecule has 0 spiro atoms. The molecule has 0 aromatic heterocycles. The molecule has 0 amide bonds. The number of carboxylic acid groups (broad SMARTS) is 1. The molecule has 1 atom stereocenters. The van der Waals surface area contributed by atoms with Crippen LogP contribution in [0.1, 0.15) is 30.5 Å². The van der Waals surface area contributed by atoms with Gasteiger partial charge in [0.15, 0.2) is 0 Å². The van der Waals surface area contributed by atoms with Gasteiger partial charge in [-0.15, -0.1) is 0 Å². The first-order valence-corrected chi connectivity index (χ1v) is 6.42. The largest absolute Gasteiger partial charge is 0.480 e. The van der Waals surface area contributed by atoms with Crippen LogP contribution in [0.4, 0.5) is 0 Å². The topological polar surface area (TPSA) is 49.3 Å². The van der Waals surface area contributed by atoms with Gasteiger partial charge in [-0.3, -0.25) is 4.79 Å². The Kier molecular flexibility index (Phi) is 5.17. The molecule has 1 rings (SSSR count). The van der Waals surface area contributed by atoms with Crippen LogP contribution < -0.4 is 5.32 Å². The van der Waals surface area contributed by atoms with Crippen LogP contribution in [0.25, 0.3) is 0 Å².